The number of hydrogen-bond acceptors (Lipinski definition) is 7. The number of nitro groups is 2. The van der Waals surface area contributed by atoms with Crippen molar-refractivity contribution >= 4 is 17.3 Å². The van der Waals surface area contributed by atoms with Crippen molar-refractivity contribution in [2.24, 2.45) is 5.73 Å². The molecule has 4 N–H and O–H groups in total. The summed E-state index contributed by atoms with van der Waals surface area (Å²) in [5, 5.41) is 24.4. The fourth-order valence-electron chi connectivity index (χ4n) is 1.06. The molecule has 0 saturated heterocycles. The molecule has 1 aromatic rings. The second-order valence-electron chi connectivity index (χ2n) is 2.59. The molecule has 0 unspecified atom stereocenters. The Morgan fingerprint density at radius 3 is 2.33 bits per heavy atom. The maximum atomic E-state index is 10.6. The van der Waals surface area contributed by atoms with Gasteiger partial charge >= 0.3 is 11.6 Å². The summed E-state index contributed by atoms with van der Waals surface area (Å²) in [6, 6.07) is 0. The molecular formula is C5H8N6O4. The van der Waals surface area contributed by atoms with E-state index in [1.807, 2.05) is 0 Å². The third kappa shape index (κ3) is 1.83. The van der Waals surface area contributed by atoms with Gasteiger partial charge in [-0.2, -0.15) is 0 Å². The number of hydrogen-bond donors (Lipinski definition) is 2. The normalized spacial score (nSPS) is 10.2. The van der Waals surface area contributed by atoms with Crippen LogP contribution in [0.1, 0.15) is 0 Å². The first-order valence-electron chi connectivity index (χ1n) is 3.84. The molecule has 1 heterocycles. The van der Waals surface area contributed by atoms with Gasteiger partial charge in [0.25, 0.3) is 0 Å². The van der Waals surface area contributed by atoms with Gasteiger partial charge in [-0.3, -0.25) is 0 Å². The second kappa shape index (κ2) is 3.88. The summed E-state index contributed by atoms with van der Waals surface area (Å²) in [7, 11) is 0. The van der Waals surface area contributed by atoms with Gasteiger partial charge in [-0.25, -0.2) is 0 Å². The largest absolute Gasteiger partial charge is 0.443 e. The van der Waals surface area contributed by atoms with Crippen LogP contribution in [0.3, 0.4) is 0 Å². The van der Waals surface area contributed by atoms with Crippen LogP contribution in [0.2, 0.25) is 0 Å². The van der Waals surface area contributed by atoms with Crippen LogP contribution in [0.5, 0.6) is 0 Å². The van der Waals surface area contributed by atoms with E-state index in [1.165, 1.54) is 0 Å². The average Bonchev–Trinajstić information content (AvgIpc) is 2.43. The highest BCUT2D eigenvalue weighted by Crippen LogP contribution is 2.30. The van der Waals surface area contributed by atoms with Crippen LogP contribution in [-0.2, 0) is 6.54 Å². The zero-order chi connectivity index (χ0) is 11.6. The van der Waals surface area contributed by atoms with E-state index in [0.29, 0.717) is 0 Å². The molecule has 10 heteroatoms. The Morgan fingerprint density at radius 1 is 1.33 bits per heavy atom. The van der Waals surface area contributed by atoms with Gasteiger partial charge in [-0.1, -0.05) is 0 Å². The van der Waals surface area contributed by atoms with E-state index < -0.39 is 27.2 Å². The molecule has 0 aromatic carbocycles. The van der Waals surface area contributed by atoms with Crippen molar-refractivity contribution in [1.82, 2.24) is 9.78 Å². The second-order valence-corrected chi connectivity index (χ2v) is 2.59. The highest BCUT2D eigenvalue weighted by Gasteiger charge is 2.34. The lowest BCUT2D eigenvalue weighted by atomic mass is 10.5. The molecule has 0 spiro atoms. The fraction of sp³-hybridized carbons (Fsp3) is 0.400. The summed E-state index contributed by atoms with van der Waals surface area (Å²) in [6.07, 6.45) is 0. The highest BCUT2D eigenvalue weighted by atomic mass is 16.6. The number of nitrogens with two attached hydrogens (primary N) is 2. The van der Waals surface area contributed by atoms with Gasteiger partial charge in [0.15, 0.2) is 5.10 Å². The van der Waals surface area contributed by atoms with Crippen LogP contribution in [0.15, 0.2) is 0 Å². The first-order chi connectivity index (χ1) is 6.99. The van der Waals surface area contributed by atoms with E-state index in [0.717, 1.165) is 4.68 Å². The Bertz CT molecular complexity index is 412. The van der Waals surface area contributed by atoms with Crippen LogP contribution in [-0.4, -0.2) is 26.2 Å². The van der Waals surface area contributed by atoms with Gasteiger partial charge in [-0.15, -0.1) is 0 Å². The third-order valence-corrected chi connectivity index (χ3v) is 1.63. The van der Waals surface area contributed by atoms with E-state index in [2.05, 4.69) is 5.10 Å². The topological polar surface area (TPSA) is 156 Å². The number of anilines is 1. The van der Waals surface area contributed by atoms with Crippen molar-refractivity contribution in [2.75, 3.05) is 12.3 Å². The zero-order valence-electron chi connectivity index (χ0n) is 7.49. The molecule has 1 aromatic heterocycles. The Balaban J connectivity index is 3.32. The predicted molar refractivity (Wildman–Crippen MR) is 49.0 cm³/mol. The number of aromatic nitrogens is 2. The smallest absolute Gasteiger partial charge is 0.385 e. The van der Waals surface area contributed by atoms with Crippen LogP contribution in [0, 0.1) is 20.2 Å². The first kappa shape index (κ1) is 10.8. The summed E-state index contributed by atoms with van der Waals surface area (Å²) < 4.78 is 0.813. The van der Waals surface area contributed by atoms with Gasteiger partial charge in [0.1, 0.15) is 6.54 Å². The minimum absolute atomic E-state index is 0.00560. The van der Waals surface area contributed by atoms with Gasteiger partial charge in [0.05, 0.1) is 0 Å². The van der Waals surface area contributed by atoms with Crippen LogP contribution in [0.4, 0.5) is 17.3 Å². The molecule has 0 fully saturated rings. The SMILES string of the molecule is NCCn1nc([N+](=O)[O-])c(N)c1[N+](=O)[O-]. The maximum Gasteiger partial charge on any atom is 0.443 e. The minimum atomic E-state index is -0.880. The van der Waals surface area contributed by atoms with Crippen molar-refractivity contribution in [3.63, 3.8) is 0 Å². The molecule has 0 bridgehead atoms. The summed E-state index contributed by atoms with van der Waals surface area (Å²) >= 11 is 0. The molecule has 0 radical (unpaired) electrons. The van der Waals surface area contributed by atoms with Gasteiger partial charge in [-0.05, 0) is 14.5 Å². The van der Waals surface area contributed by atoms with Crippen molar-refractivity contribution < 1.29 is 9.85 Å². The Labute approximate surface area is 82.8 Å². The molecular weight excluding hydrogens is 208 g/mol. The van der Waals surface area contributed by atoms with E-state index in [4.69, 9.17) is 11.5 Å². The quantitative estimate of drug-likeness (QED) is 0.494. The summed E-state index contributed by atoms with van der Waals surface area (Å²) in [5.41, 5.74) is 9.84. The molecule has 10 nitrogen and oxygen atoms in total. The molecule has 0 aliphatic carbocycles. The van der Waals surface area contributed by atoms with Crippen molar-refractivity contribution in [2.45, 2.75) is 6.54 Å². The lowest BCUT2D eigenvalue weighted by Crippen LogP contribution is -2.13. The monoisotopic (exact) mass is 216 g/mol. The van der Waals surface area contributed by atoms with Gasteiger partial charge < -0.3 is 31.7 Å². The molecule has 0 amide bonds. The third-order valence-electron chi connectivity index (χ3n) is 1.63. The highest BCUT2D eigenvalue weighted by molar-refractivity contribution is 5.65. The molecule has 82 valence electrons. The number of nitrogens with zero attached hydrogens (tertiary/aromatic N) is 4. The molecule has 0 aliphatic heterocycles. The molecule has 0 aliphatic rings. The Kier molecular flexibility index (Phi) is 2.80. The van der Waals surface area contributed by atoms with E-state index in [1.54, 1.807) is 0 Å². The van der Waals surface area contributed by atoms with E-state index in [9.17, 15) is 20.2 Å². The Hall–Kier alpha value is -2.23. The number of rotatable bonds is 4. The lowest BCUT2D eigenvalue weighted by Gasteiger charge is -1.93. The number of nitrogen functional groups attached to an aromatic ring is 1. The summed E-state index contributed by atoms with van der Waals surface area (Å²) in [5.74, 6) is -1.33. The molecule has 1 rings (SSSR count). The Morgan fingerprint density at radius 2 is 1.93 bits per heavy atom. The maximum absolute atomic E-state index is 10.6. The van der Waals surface area contributed by atoms with Gasteiger partial charge in [0, 0.05) is 6.54 Å². The minimum Gasteiger partial charge on any atom is -0.385 e. The van der Waals surface area contributed by atoms with Crippen LogP contribution < -0.4 is 11.5 Å². The zero-order valence-corrected chi connectivity index (χ0v) is 7.49. The average molecular weight is 216 g/mol. The van der Waals surface area contributed by atoms with Crippen molar-refractivity contribution in [3.05, 3.63) is 20.2 Å². The first-order valence-corrected chi connectivity index (χ1v) is 3.84. The van der Waals surface area contributed by atoms with Crippen molar-refractivity contribution in [3.8, 4) is 0 Å². The fourth-order valence-corrected chi connectivity index (χ4v) is 1.06. The van der Waals surface area contributed by atoms with Crippen molar-refractivity contribution in [1.29, 1.82) is 0 Å². The van der Waals surface area contributed by atoms with E-state index >= 15 is 0 Å². The van der Waals surface area contributed by atoms with Crippen LogP contribution >= 0.6 is 0 Å². The van der Waals surface area contributed by atoms with Gasteiger partial charge in [0.2, 0.25) is 5.69 Å². The predicted octanol–water partition coefficient (Wildman–Crippen LogP) is -0.760. The summed E-state index contributed by atoms with van der Waals surface area (Å²) in [4.78, 5) is 19.3. The molecule has 0 saturated carbocycles. The molecule has 0 atom stereocenters. The molecule has 15 heavy (non-hydrogen) atoms. The standard InChI is InChI=1S/C5H8N6O4/c6-1-2-9-5(11(14)15)3(7)4(8-9)10(12)13/h1-2,6-7H2. The van der Waals surface area contributed by atoms with E-state index in [-0.39, 0.29) is 13.1 Å². The lowest BCUT2D eigenvalue weighted by molar-refractivity contribution is -0.393. The van der Waals surface area contributed by atoms with Crippen LogP contribution in [0.25, 0.3) is 0 Å². The summed E-state index contributed by atoms with van der Waals surface area (Å²) in [6.45, 7) is 0.0630.